The van der Waals surface area contributed by atoms with Crippen molar-refractivity contribution in [3.8, 4) is 5.75 Å². The number of Topliss-reactive ketones (excluding diaryl/α,β-unsaturated/α-hetero) is 1. The molecule has 1 aliphatic rings. The van der Waals surface area contributed by atoms with E-state index < -0.39 is 23.7 Å². The number of anilines is 1. The van der Waals surface area contributed by atoms with Gasteiger partial charge in [0.2, 0.25) is 0 Å². The van der Waals surface area contributed by atoms with Crippen molar-refractivity contribution in [2.24, 2.45) is 0 Å². The molecule has 1 atom stereocenters. The summed E-state index contributed by atoms with van der Waals surface area (Å²) in [7, 11) is 1.25. The Morgan fingerprint density at radius 2 is 2.03 bits per heavy atom. The van der Waals surface area contributed by atoms with E-state index >= 15 is 0 Å². The van der Waals surface area contributed by atoms with E-state index in [0.717, 1.165) is 17.8 Å². The first-order valence-electron chi connectivity index (χ1n) is 10.9. The fraction of sp³-hybridized carbons (Fsp3) is 0.240. The molecule has 0 aliphatic carbocycles. The number of aliphatic hydroxyl groups excluding tert-OH is 1. The first-order chi connectivity index (χ1) is 16.9. The topological polar surface area (TPSA) is 119 Å². The Balaban J connectivity index is 1.87. The molecule has 3 aromatic rings. The standard InChI is InChI=1S/C25H23N3O6S/c1-4-11-34-17-9-5-7-15(12-17)20(29)18-19(16-8-6-10-26-13-16)28(23(31)21(18)30)25-27-14(2)22(35-25)24(32)33-3/h5-10,12-13,19,29H,4,11H2,1-3H3/b20-18+. The van der Waals surface area contributed by atoms with Gasteiger partial charge in [-0.3, -0.25) is 19.5 Å². The van der Waals surface area contributed by atoms with Crippen molar-refractivity contribution < 1.29 is 29.0 Å². The van der Waals surface area contributed by atoms with Gasteiger partial charge in [-0.25, -0.2) is 9.78 Å². The summed E-state index contributed by atoms with van der Waals surface area (Å²) in [6.45, 7) is 4.09. The average Bonchev–Trinajstić information content (AvgIpc) is 3.39. The number of pyridine rings is 1. The fourth-order valence-corrected chi connectivity index (χ4v) is 4.77. The number of ether oxygens (including phenoxy) is 2. The molecular weight excluding hydrogens is 470 g/mol. The number of methoxy groups -OCH3 is 1. The summed E-state index contributed by atoms with van der Waals surface area (Å²) >= 11 is 0.937. The second kappa shape index (κ2) is 10.1. The second-order valence-corrected chi connectivity index (χ2v) is 8.71. The van der Waals surface area contributed by atoms with Crippen molar-refractivity contribution >= 4 is 39.9 Å². The zero-order valence-electron chi connectivity index (χ0n) is 19.3. The number of rotatable bonds is 7. The first-order valence-corrected chi connectivity index (χ1v) is 11.7. The predicted molar refractivity (Wildman–Crippen MR) is 129 cm³/mol. The van der Waals surface area contributed by atoms with Crippen molar-refractivity contribution in [1.82, 2.24) is 9.97 Å². The molecule has 10 heteroatoms. The van der Waals surface area contributed by atoms with Crippen LogP contribution in [0.3, 0.4) is 0 Å². The van der Waals surface area contributed by atoms with Crippen molar-refractivity contribution in [2.75, 3.05) is 18.6 Å². The number of amides is 1. The molecule has 1 aromatic carbocycles. The third-order valence-electron chi connectivity index (χ3n) is 5.39. The lowest BCUT2D eigenvalue weighted by Gasteiger charge is -2.22. The molecule has 1 saturated heterocycles. The lowest BCUT2D eigenvalue weighted by molar-refractivity contribution is -0.132. The van der Waals surface area contributed by atoms with Gasteiger partial charge in [-0.05, 0) is 37.1 Å². The number of ketones is 1. The monoisotopic (exact) mass is 493 g/mol. The number of hydrogen-bond acceptors (Lipinski definition) is 9. The molecule has 0 radical (unpaired) electrons. The van der Waals surface area contributed by atoms with Gasteiger partial charge in [-0.1, -0.05) is 36.5 Å². The molecule has 0 saturated carbocycles. The average molecular weight is 494 g/mol. The molecule has 1 amide bonds. The van der Waals surface area contributed by atoms with Gasteiger partial charge < -0.3 is 14.6 Å². The number of aromatic nitrogens is 2. The third kappa shape index (κ3) is 4.52. The zero-order valence-corrected chi connectivity index (χ0v) is 20.2. The van der Waals surface area contributed by atoms with Gasteiger partial charge in [0.05, 0.1) is 31.0 Å². The largest absolute Gasteiger partial charge is 0.507 e. The Morgan fingerprint density at radius 3 is 2.71 bits per heavy atom. The lowest BCUT2D eigenvalue weighted by atomic mass is 9.96. The molecule has 1 N–H and O–H groups in total. The third-order valence-corrected chi connectivity index (χ3v) is 6.52. The normalized spacial score (nSPS) is 17.0. The van der Waals surface area contributed by atoms with E-state index in [-0.39, 0.29) is 21.3 Å². The van der Waals surface area contributed by atoms with Crippen LogP contribution >= 0.6 is 11.3 Å². The second-order valence-electron chi connectivity index (χ2n) is 7.73. The predicted octanol–water partition coefficient (Wildman–Crippen LogP) is 4.05. The summed E-state index contributed by atoms with van der Waals surface area (Å²) in [6.07, 6.45) is 3.88. The number of esters is 1. The Bertz CT molecular complexity index is 1320. The number of hydrogen-bond donors (Lipinski definition) is 1. The fourth-order valence-electron chi connectivity index (χ4n) is 3.76. The Morgan fingerprint density at radius 1 is 1.23 bits per heavy atom. The molecule has 1 unspecified atom stereocenters. The van der Waals surface area contributed by atoms with Gasteiger partial charge in [-0.2, -0.15) is 0 Å². The molecule has 35 heavy (non-hydrogen) atoms. The van der Waals surface area contributed by atoms with Crippen LogP contribution in [0.5, 0.6) is 5.75 Å². The van der Waals surface area contributed by atoms with Crippen LogP contribution in [0.15, 0.2) is 54.4 Å². The van der Waals surface area contributed by atoms with Crippen molar-refractivity contribution in [3.05, 3.63) is 76.1 Å². The highest BCUT2D eigenvalue weighted by Gasteiger charge is 2.48. The van der Waals surface area contributed by atoms with Crippen molar-refractivity contribution in [3.63, 3.8) is 0 Å². The van der Waals surface area contributed by atoms with E-state index in [1.165, 1.54) is 18.2 Å². The minimum Gasteiger partial charge on any atom is -0.507 e. The molecule has 0 bridgehead atoms. The molecule has 0 spiro atoms. The Labute approximate surface area is 205 Å². The van der Waals surface area contributed by atoms with Crippen molar-refractivity contribution in [1.29, 1.82) is 0 Å². The summed E-state index contributed by atoms with van der Waals surface area (Å²) < 4.78 is 10.4. The summed E-state index contributed by atoms with van der Waals surface area (Å²) in [5.74, 6) is -2.15. The van der Waals surface area contributed by atoms with Crippen LogP contribution in [0.1, 0.15) is 45.9 Å². The van der Waals surface area contributed by atoms with Crippen LogP contribution in [0.2, 0.25) is 0 Å². The minimum absolute atomic E-state index is 0.108. The smallest absolute Gasteiger partial charge is 0.350 e. The molecule has 9 nitrogen and oxygen atoms in total. The summed E-state index contributed by atoms with van der Waals surface area (Å²) in [5.41, 5.74) is 1.09. The van der Waals surface area contributed by atoms with E-state index in [0.29, 0.717) is 29.2 Å². The van der Waals surface area contributed by atoms with Crippen LogP contribution in [0.25, 0.3) is 5.76 Å². The molecule has 2 aromatic heterocycles. The Hall–Kier alpha value is -4.05. The summed E-state index contributed by atoms with van der Waals surface area (Å²) in [5, 5.41) is 11.4. The van der Waals surface area contributed by atoms with E-state index in [1.54, 1.807) is 49.5 Å². The van der Waals surface area contributed by atoms with E-state index in [4.69, 9.17) is 9.47 Å². The van der Waals surface area contributed by atoms with Crippen LogP contribution < -0.4 is 9.64 Å². The number of benzene rings is 1. The minimum atomic E-state index is -1.00. The maximum atomic E-state index is 13.3. The van der Waals surface area contributed by atoms with E-state index in [2.05, 4.69) is 9.97 Å². The molecule has 1 fully saturated rings. The van der Waals surface area contributed by atoms with Gasteiger partial charge in [0.15, 0.2) is 5.13 Å². The van der Waals surface area contributed by atoms with Crippen LogP contribution in [0, 0.1) is 6.92 Å². The number of carbonyl (C=O) groups is 3. The van der Waals surface area contributed by atoms with Gasteiger partial charge in [0.25, 0.3) is 5.78 Å². The maximum absolute atomic E-state index is 13.3. The van der Waals surface area contributed by atoms with Crippen LogP contribution in [0.4, 0.5) is 5.13 Å². The molecule has 1 aliphatic heterocycles. The SMILES string of the molecule is CCCOc1cccc(/C(O)=C2\C(=O)C(=O)N(c3nc(C)c(C(=O)OC)s3)C2c2cccnc2)c1. The Kier molecular flexibility index (Phi) is 6.92. The van der Waals surface area contributed by atoms with Crippen molar-refractivity contribution in [2.45, 2.75) is 26.3 Å². The lowest BCUT2D eigenvalue weighted by Crippen LogP contribution is -2.29. The summed E-state index contributed by atoms with van der Waals surface area (Å²) in [6, 6.07) is 9.05. The first kappa shape index (κ1) is 24.1. The number of carbonyl (C=O) groups excluding carboxylic acids is 3. The van der Waals surface area contributed by atoms with Gasteiger partial charge in [0.1, 0.15) is 16.4 Å². The maximum Gasteiger partial charge on any atom is 0.350 e. The number of aliphatic hydroxyl groups is 1. The highest BCUT2D eigenvalue weighted by molar-refractivity contribution is 7.17. The van der Waals surface area contributed by atoms with Crippen LogP contribution in [-0.2, 0) is 14.3 Å². The highest BCUT2D eigenvalue weighted by Crippen LogP contribution is 2.43. The van der Waals surface area contributed by atoms with Gasteiger partial charge in [0, 0.05) is 18.0 Å². The molecule has 4 rings (SSSR count). The number of aryl methyl sites for hydroxylation is 1. The summed E-state index contributed by atoms with van der Waals surface area (Å²) in [4.78, 5) is 48.5. The number of nitrogens with zero attached hydrogens (tertiary/aromatic N) is 3. The quantitative estimate of drug-likeness (QED) is 0.227. The van der Waals surface area contributed by atoms with Gasteiger partial charge >= 0.3 is 11.9 Å². The molecule has 3 heterocycles. The van der Waals surface area contributed by atoms with E-state index in [1.807, 2.05) is 6.92 Å². The van der Waals surface area contributed by atoms with E-state index in [9.17, 15) is 19.5 Å². The number of thiazole rings is 1. The van der Waals surface area contributed by atoms with Gasteiger partial charge in [-0.15, -0.1) is 0 Å². The van der Waals surface area contributed by atoms with Crippen LogP contribution in [-0.4, -0.2) is 46.5 Å². The molecule has 180 valence electrons. The zero-order chi connectivity index (χ0) is 25.1. The molecular formula is C25H23N3O6S. The highest BCUT2D eigenvalue weighted by atomic mass is 32.1.